The lowest BCUT2D eigenvalue weighted by molar-refractivity contribution is 0.603. The second-order valence-corrected chi connectivity index (χ2v) is 3.88. The average molecular weight is 215 g/mol. The van der Waals surface area contributed by atoms with Crippen molar-refractivity contribution < 1.29 is 0 Å². The first-order chi connectivity index (χ1) is 7.81. The van der Waals surface area contributed by atoms with Gasteiger partial charge in [0, 0.05) is 12.4 Å². The molecule has 1 atom stereocenters. The summed E-state index contributed by atoms with van der Waals surface area (Å²) in [5.41, 5.74) is 2.51. The molecule has 2 aromatic rings. The number of H-pyrrole nitrogens is 1. The van der Waals surface area contributed by atoms with Crippen LogP contribution in [-0.2, 0) is 0 Å². The highest BCUT2D eigenvalue weighted by molar-refractivity contribution is 5.28. The zero-order valence-electron chi connectivity index (χ0n) is 9.70. The van der Waals surface area contributed by atoms with Crippen LogP contribution in [0.25, 0.3) is 0 Å². The molecule has 0 aliphatic heterocycles. The van der Waals surface area contributed by atoms with Gasteiger partial charge in [0.25, 0.3) is 0 Å². The molecule has 1 heterocycles. The molecule has 2 rings (SSSR count). The van der Waals surface area contributed by atoms with Crippen molar-refractivity contribution in [1.82, 2.24) is 15.3 Å². The van der Waals surface area contributed by atoms with Crippen molar-refractivity contribution in [3.8, 4) is 0 Å². The molecular weight excluding hydrogens is 198 g/mol. The van der Waals surface area contributed by atoms with Crippen molar-refractivity contribution in [2.75, 3.05) is 6.54 Å². The Bertz CT molecular complexity index is 417. The number of hydrogen-bond acceptors (Lipinski definition) is 2. The van der Waals surface area contributed by atoms with Gasteiger partial charge in [-0.25, -0.2) is 4.98 Å². The van der Waals surface area contributed by atoms with E-state index in [1.54, 1.807) is 6.20 Å². The Morgan fingerprint density at radius 1 is 1.31 bits per heavy atom. The number of benzene rings is 1. The molecule has 0 bridgehead atoms. The first-order valence-electron chi connectivity index (χ1n) is 5.60. The molecule has 0 saturated heterocycles. The summed E-state index contributed by atoms with van der Waals surface area (Å²) in [6.07, 6.45) is 3.64. The maximum atomic E-state index is 4.32. The molecule has 1 aromatic carbocycles. The maximum Gasteiger partial charge on any atom is 0.127 e. The van der Waals surface area contributed by atoms with Gasteiger partial charge >= 0.3 is 0 Å². The fourth-order valence-corrected chi connectivity index (χ4v) is 1.77. The molecule has 84 valence electrons. The highest BCUT2D eigenvalue weighted by Crippen LogP contribution is 2.18. The molecule has 16 heavy (non-hydrogen) atoms. The molecule has 3 nitrogen and oxygen atoms in total. The van der Waals surface area contributed by atoms with Crippen LogP contribution < -0.4 is 5.32 Å². The smallest absolute Gasteiger partial charge is 0.127 e. The minimum atomic E-state index is 0.153. The van der Waals surface area contributed by atoms with Crippen molar-refractivity contribution in [3.63, 3.8) is 0 Å². The molecule has 3 heteroatoms. The highest BCUT2D eigenvalue weighted by atomic mass is 15.0. The third-order valence-electron chi connectivity index (χ3n) is 2.61. The van der Waals surface area contributed by atoms with E-state index in [0.29, 0.717) is 0 Å². The third kappa shape index (κ3) is 2.31. The van der Waals surface area contributed by atoms with Gasteiger partial charge in [-0.3, -0.25) is 0 Å². The summed E-state index contributed by atoms with van der Waals surface area (Å²) in [6.45, 7) is 5.11. The van der Waals surface area contributed by atoms with E-state index in [-0.39, 0.29) is 6.04 Å². The van der Waals surface area contributed by atoms with Gasteiger partial charge in [0.05, 0.1) is 6.04 Å². The van der Waals surface area contributed by atoms with E-state index in [4.69, 9.17) is 0 Å². The molecule has 0 saturated carbocycles. The summed E-state index contributed by atoms with van der Waals surface area (Å²) in [5, 5.41) is 3.43. The lowest BCUT2D eigenvalue weighted by Gasteiger charge is -2.16. The molecule has 0 fully saturated rings. The monoisotopic (exact) mass is 215 g/mol. The molecule has 0 amide bonds. The van der Waals surface area contributed by atoms with Crippen molar-refractivity contribution >= 4 is 0 Å². The van der Waals surface area contributed by atoms with Gasteiger partial charge < -0.3 is 10.3 Å². The standard InChI is InChI=1S/C13H17N3/c1-3-14-12(13-15-8-9-16-13)11-6-4-10(2)5-7-11/h4-9,12,14H,3H2,1-2H3,(H,15,16). The Labute approximate surface area is 95.9 Å². The van der Waals surface area contributed by atoms with E-state index in [0.717, 1.165) is 12.4 Å². The molecule has 1 unspecified atom stereocenters. The first-order valence-corrected chi connectivity index (χ1v) is 5.60. The molecule has 0 aliphatic rings. The number of nitrogens with one attached hydrogen (secondary N) is 2. The van der Waals surface area contributed by atoms with Crippen molar-refractivity contribution in [2.24, 2.45) is 0 Å². The third-order valence-corrected chi connectivity index (χ3v) is 2.61. The molecule has 2 N–H and O–H groups in total. The van der Waals surface area contributed by atoms with Crippen LogP contribution in [0.5, 0.6) is 0 Å². The zero-order chi connectivity index (χ0) is 11.4. The molecule has 0 aliphatic carbocycles. The molecular formula is C13H17N3. The van der Waals surface area contributed by atoms with E-state index in [2.05, 4.69) is 53.4 Å². The normalized spacial score (nSPS) is 12.6. The fraction of sp³-hybridized carbons (Fsp3) is 0.308. The molecule has 0 spiro atoms. The van der Waals surface area contributed by atoms with Crippen molar-refractivity contribution in [1.29, 1.82) is 0 Å². The Kier molecular flexibility index (Phi) is 3.37. The van der Waals surface area contributed by atoms with Gasteiger partial charge in [0.1, 0.15) is 5.82 Å². The minimum absolute atomic E-state index is 0.153. The Morgan fingerprint density at radius 2 is 2.06 bits per heavy atom. The van der Waals surface area contributed by atoms with Crippen molar-refractivity contribution in [2.45, 2.75) is 19.9 Å². The van der Waals surface area contributed by atoms with Crippen LogP contribution in [-0.4, -0.2) is 16.5 Å². The predicted octanol–water partition coefficient (Wildman–Crippen LogP) is 2.42. The van der Waals surface area contributed by atoms with Crippen LogP contribution >= 0.6 is 0 Å². The van der Waals surface area contributed by atoms with Gasteiger partial charge in [0.15, 0.2) is 0 Å². The Morgan fingerprint density at radius 3 is 2.62 bits per heavy atom. The molecule has 1 aromatic heterocycles. The zero-order valence-corrected chi connectivity index (χ0v) is 9.70. The molecule has 0 radical (unpaired) electrons. The van der Waals surface area contributed by atoms with E-state index >= 15 is 0 Å². The number of nitrogens with zero attached hydrogens (tertiary/aromatic N) is 1. The summed E-state index contributed by atoms with van der Waals surface area (Å²) in [5.74, 6) is 0.964. The van der Waals surface area contributed by atoms with E-state index in [9.17, 15) is 0 Å². The van der Waals surface area contributed by atoms with Crippen LogP contribution in [0.4, 0.5) is 0 Å². The quantitative estimate of drug-likeness (QED) is 0.822. The van der Waals surface area contributed by atoms with Crippen LogP contribution in [0, 0.1) is 6.92 Å². The van der Waals surface area contributed by atoms with Gasteiger partial charge in [-0.15, -0.1) is 0 Å². The van der Waals surface area contributed by atoms with Gasteiger partial charge in [-0.1, -0.05) is 36.8 Å². The van der Waals surface area contributed by atoms with Crippen molar-refractivity contribution in [3.05, 3.63) is 53.6 Å². The van der Waals surface area contributed by atoms with Gasteiger partial charge in [-0.2, -0.15) is 0 Å². The average Bonchev–Trinajstić information content (AvgIpc) is 2.81. The second kappa shape index (κ2) is 4.94. The second-order valence-electron chi connectivity index (χ2n) is 3.88. The number of aromatic nitrogens is 2. The Balaban J connectivity index is 2.29. The topological polar surface area (TPSA) is 40.7 Å². The van der Waals surface area contributed by atoms with Crippen LogP contribution in [0.3, 0.4) is 0 Å². The maximum absolute atomic E-state index is 4.32. The number of imidazole rings is 1. The highest BCUT2D eigenvalue weighted by Gasteiger charge is 2.14. The number of rotatable bonds is 4. The number of hydrogen-bond donors (Lipinski definition) is 2. The summed E-state index contributed by atoms with van der Waals surface area (Å²) < 4.78 is 0. The summed E-state index contributed by atoms with van der Waals surface area (Å²) in [6, 6.07) is 8.70. The first kappa shape index (κ1) is 10.9. The Hall–Kier alpha value is -1.61. The van der Waals surface area contributed by atoms with Gasteiger partial charge in [-0.05, 0) is 19.0 Å². The largest absolute Gasteiger partial charge is 0.347 e. The summed E-state index contributed by atoms with van der Waals surface area (Å²) in [7, 11) is 0. The number of aryl methyl sites for hydroxylation is 1. The van der Waals surface area contributed by atoms with Gasteiger partial charge in [0.2, 0.25) is 0 Å². The van der Waals surface area contributed by atoms with E-state index < -0.39 is 0 Å². The lowest BCUT2D eigenvalue weighted by atomic mass is 10.0. The minimum Gasteiger partial charge on any atom is -0.347 e. The fourth-order valence-electron chi connectivity index (χ4n) is 1.77. The van der Waals surface area contributed by atoms with Crippen LogP contribution in [0.2, 0.25) is 0 Å². The predicted molar refractivity (Wildman–Crippen MR) is 65.3 cm³/mol. The SMILES string of the molecule is CCNC(c1ccc(C)cc1)c1ncc[nH]1. The summed E-state index contributed by atoms with van der Waals surface area (Å²) >= 11 is 0. The van der Waals surface area contributed by atoms with E-state index in [1.165, 1.54) is 11.1 Å². The summed E-state index contributed by atoms with van der Waals surface area (Å²) in [4.78, 5) is 7.48. The van der Waals surface area contributed by atoms with Crippen LogP contribution in [0.15, 0.2) is 36.7 Å². The van der Waals surface area contributed by atoms with E-state index in [1.807, 2.05) is 6.20 Å². The van der Waals surface area contributed by atoms with Crippen LogP contribution in [0.1, 0.15) is 29.9 Å². The number of aromatic amines is 1. The lowest BCUT2D eigenvalue weighted by Crippen LogP contribution is -2.23.